The van der Waals surface area contributed by atoms with Crippen LogP contribution in [-0.2, 0) is 21.2 Å². The highest BCUT2D eigenvalue weighted by molar-refractivity contribution is 9.10. The monoisotopic (exact) mass is 434 g/mol. The molecule has 0 atom stereocenters. The van der Waals surface area contributed by atoms with E-state index in [1.54, 1.807) is 29.2 Å². The molecule has 26 heavy (non-hydrogen) atoms. The molecule has 1 fully saturated rings. The van der Waals surface area contributed by atoms with Crippen molar-refractivity contribution in [1.82, 2.24) is 0 Å². The number of amides is 1. The van der Waals surface area contributed by atoms with Gasteiger partial charge in [0.15, 0.2) is 0 Å². The first-order chi connectivity index (χ1) is 12.3. The third-order valence-corrected chi connectivity index (χ3v) is 6.60. The molecule has 0 aromatic heterocycles. The molecule has 0 saturated heterocycles. The highest BCUT2D eigenvalue weighted by Crippen LogP contribution is 2.41. The van der Waals surface area contributed by atoms with Crippen molar-refractivity contribution >= 4 is 43.2 Å². The Morgan fingerprint density at radius 3 is 2.69 bits per heavy atom. The van der Waals surface area contributed by atoms with Crippen LogP contribution in [-0.4, -0.2) is 20.9 Å². The lowest BCUT2D eigenvalue weighted by atomic mass is 10.2. The molecule has 0 radical (unpaired) electrons. The molecule has 0 unspecified atom stereocenters. The van der Waals surface area contributed by atoms with Crippen LogP contribution in [0.5, 0.6) is 0 Å². The Balaban J connectivity index is 1.77. The molecule has 0 bridgehead atoms. The summed E-state index contributed by atoms with van der Waals surface area (Å²) < 4.78 is 29.6. The van der Waals surface area contributed by atoms with Gasteiger partial charge in [-0.2, -0.15) is 0 Å². The van der Waals surface area contributed by atoms with E-state index in [-0.39, 0.29) is 16.7 Å². The molecule has 1 heterocycles. The van der Waals surface area contributed by atoms with Crippen molar-refractivity contribution in [3.63, 3.8) is 0 Å². The van der Waals surface area contributed by atoms with Crippen LogP contribution in [0.15, 0.2) is 45.8 Å². The van der Waals surface area contributed by atoms with Crippen molar-refractivity contribution in [2.24, 2.45) is 5.92 Å². The largest absolute Gasteiger partial charge is 0.310 e. The Morgan fingerprint density at radius 1 is 1.23 bits per heavy atom. The topological polar surface area (TPSA) is 66.5 Å². The molecule has 1 aliphatic heterocycles. The molecule has 136 valence electrons. The van der Waals surface area contributed by atoms with Gasteiger partial charge in [-0.05, 0) is 61.6 Å². The SMILES string of the molecule is Cc1cccc(NS(=O)(=O)c2cc(Br)cc3c2N(C(=O)C2CC2)CC3)c1. The molecule has 5 nitrogen and oxygen atoms in total. The van der Waals surface area contributed by atoms with Crippen LogP contribution in [0.4, 0.5) is 11.4 Å². The number of anilines is 2. The first kappa shape index (κ1) is 17.5. The second-order valence-corrected chi connectivity index (χ2v) is 9.47. The van der Waals surface area contributed by atoms with E-state index in [1.807, 2.05) is 19.1 Å². The Hall–Kier alpha value is -1.86. The zero-order valence-electron chi connectivity index (χ0n) is 14.3. The number of nitrogens with zero attached hydrogens (tertiary/aromatic N) is 1. The van der Waals surface area contributed by atoms with Gasteiger partial charge in [-0.3, -0.25) is 9.52 Å². The van der Waals surface area contributed by atoms with Crippen LogP contribution in [0.2, 0.25) is 0 Å². The van der Waals surface area contributed by atoms with Gasteiger partial charge in [0.1, 0.15) is 4.90 Å². The minimum Gasteiger partial charge on any atom is -0.310 e. The number of hydrogen-bond acceptors (Lipinski definition) is 3. The van der Waals surface area contributed by atoms with Crippen LogP contribution in [0.1, 0.15) is 24.0 Å². The van der Waals surface area contributed by atoms with E-state index in [4.69, 9.17) is 0 Å². The lowest BCUT2D eigenvalue weighted by Gasteiger charge is -2.21. The third-order valence-electron chi connectivity index (χ3n) is 4.75. The zero-order chi connectivity index (χ0) is 18.5. The molecule has 1 aliphatic carbocycles. The molecule has 7 heteroatoms. The molecule has 1 N–H and O–H groups in total. The van der Waals surface area contributed by atoms with Gasteiger partial charge in [0.05, 0.1) is 5.69 Å². The standard InChI is InChI=1S/C19H19BrN2O3S/c1-12-3-2-4-16(9-12)21-26(24,25)17-11-15(20)10-14-7-8-22(18(14)17)19(23)13-5-6-13/h2-4,9-11,13,21H,5-8H2,1H3. The number of carbonyl (C=O) groups is 1. The van der Waals surface area contributed by atoms with Gasteiger partial charge in [0, 0.05) is 22.6 Å². The van der Waals surface area contributed by atoms with Gasteiger partial charge in [-0.25, -0.2) is 8.42 Å². The van der Waals surface area contributed by atoms with E-state index in [0.717, 1.165) is 24.0 Å². The summed E-state index contributed by atoms with van der Waals surface area (Å²) in [5.74, 6) is 0.0861. The highest BCUT2D eigenvalue weighted by atomic mass is 79.9. The maximum atomic E-state index is 13.1. The van der Waals surface area contributed by atoms with Crippen LogP contribution in [0.25, 0.3) is 0 Å². The van der Waals surface area contributed by atoms with Crippen molar-refractivity contribution in [3.05, 3.63) is 52.0 Å². The molecule has 1 saturated carbocycles. The van der Waals surface area contributed by atoms with Gasteiger partial charge in [-0.1, -0.05) is 28.1 Å². The molecule has 4 rings (SSSR count). The number of aryl methyl sites for hydroxylation is 1. The van der Waals surface area contributed by atoms with Crippen molar-refractivity contribution in [2.75, 3.05) is 16.2 Å². The van der Waals surface area contributed by atoms with E-state index < -0.39 is 10.0 Å². The number of sulfonamides is 1. The first-order valence-electron chi connectivity index (χ1n) is 8.58. The molecule has 2 aromatic carbocycles. The summed E-state index contributed by atoms with van der Waals surface area (Å²) in [6.45, 7) is 2.44. The van der Waals surface area contributed by atoms with Crippen molar-refractivity contribution in [3.8, 4) is 0 Å². The van der Waals surface area contributed by atoms with E-state index in [9.17, 15) is 13.2 Å². The van der Waals surface area contributed by atoms with Gasteiger partial charge in [0.25, 0.3) is 10.0 Å². The predicted molar refractivity (Wildman–Crippen MR) is 105 cm³/mol. The summed E-state index contributed by atoms with van der Waals surface area (Å²) >= 11 is 3.41. The van der Waals surface area contributed by atoms with E-state index in [2.05, 4.69) is 20.7 Å². The predicted octanol–water partition coefficient (Wildman–Crippen LogP) is 3.86. The maximum Gasteiger partial charge on any atom is 0.264 e. The number of nitrogens with one attached hydrogen (secondary N) is 1. The summed E-state index contributed by atoms with van der Waals surface area (Å²) in [4.78, 5) is 14.4. The van der Waals surface area contributed by atoms with Gasteiger partial charge < -0.3 is 4.90 Å². The number of hydrogen-bond donors (Lipinski definition) is 1. The molecule has 0 spiro atoms. The minimum absolute atomic E-state index is 0.0399. The maximum absolute atomic E-state index is 13.1. The van der Waals surface area contributed by atoms with Gasteiger partial charge >= 0.3 is 0 Å². The summed E-state index contributed by atoms with van der Waals surface area (Å²) in [7, 11) is -3.82. The van der Waals surface area contributed by atoms with Crippen molar-refractivity contribution < 1.29 is 13.2 Å². The lowest BCUT2D eigenvalue weighted by Crippen LogP contribution is -2.31. The van der Waals surface area contributed by atoms with Crippen LogP contribution >= 0.6 is 15.9 Å². The van der Waals surface area contributed by atoms with E-state index in [1.165, 1.54) is 0 Å². The third kappa shape index (κ3) is 3.25. The van der Waals surface area contributed by atoms with Crippen LogP contribution in [0.3, 0.4) is 0 Å². The van der Waals surface area contributed by atoms with Crippen LogP contribution < -0.4 is 9.62 Å². The Labute approximate surface area is 161 Å². The fraction of sp³-hybridized carbons (Fsp3) is 0.316. The van der Waals surface area contributed by atoms with Crippen LogP contribution in [0, 0.1) is 12.8 Å². The summed E-state index contributed by atoms with van der Waals surface area (Å²) in [5, 5.41) is 0. The first-order valence-corrected chi connectivity index (χ1v) is 10.9. The second-order valence-electron chi connectivity index (χ2n) is 6.90. The number of rotatable bonds is 4. The Kier molecular flexibility index (Phi) is 4.31. The van der Waals surface area contributed by atoms with E-state index in [0.29, 0.717) is 28.8 Å². The fourth-order valence-corrected chi connectivity index (χ4v) is 5.35. The van der Waals surface area contributed by atoms with Crippen molar-refractivity contribution in [1.29, 1.82) is 0 Å². The smallest absolute Gasteiger partial charge is 0.264 e. The molecular weight excluding hydrogens is 416 g/mol. The molecular formula is C19H19BrN2O3S. The normalized spacial score (nSPS) is 16.5. The summed E-state index contributed by atoms with van der Waals surface area (Å²) in [6, 6.07) is 10.7. The molecule has 2 aromatic rings. The Bertz CT molecular complexity index is 1000. The Morgan fingerprint density at radius 2 is 2.00 bits per heavy atom. The lowest BCUT2D eigenvalue weighted by molar-refractivity contribution is -0.119. The van der Waals surface area contributed by atoms with Crippen molar-refractivity contribution in [2.45, 2.75) is 31.1 Å². The average molecular weight is 435 g/mol. The quantitative estimate of drug-likeness (QED) is 0.794. The summed E-state index contributed by atoms with van der Waals surface area (Å²) in [6.07, 6.45) is 2.45. The minimum atomic E-state index is -3.82. The van der Waals surface area contributed by atoms with E-state index >= 15 is 0 Å². The number of benzene rings is 2. The fourth-order valence-electron chi connectivity index (χ4n) is 3.36. The number of carbonyl (C=O) groups excluding carboxylic acids is 1. The zero-order valence-corrected chi connectivity index (χ0v) is 16.7. The second kappa shape index (κ2) is 6.39. The molecule has 1 amide bonds. The highest BCUT2D eigenvalue weighted by Gasteiger charge is 2.39. The molecule has 2 aliphatic rings. The van der Waals surface area contributed by atoms with Gasteiger partial charge in [-0.15, -0.1) is 0 Å². The van der Waals surface area contributed by atoms with Gasteiger partial charge in [0.2, 0.25) is 5.91 Å². The number of halogens is 1. The summed E-state index contributed by atoms with van der Waals surface area (Å²) in [5.41, 5.74) is 2.90. The number of fused-ring (bicyclic) bond motifs is 1. The average Bonchev–Trinajstić information content (AvgIpc) is 3.33.